The van der Waals surface area contributed by atoms with Crippen LogP contribution in [-0.2, 0) is 10.4 Å². The van der Waals surface area contributed by atoms with Crippen LogP contribution in [0, 0.1) is 0 Å². The Morgan fingerprint density at radius 3 is 2.00 bits per heavy atom. The minimum absolute atomic E-state index is 0.943. The van der Waals surface area contributed by atoms with Crippen molar-refractivity contribution in [1.82, 2.24) is 0 Å². The van der Waals surface area contributed by atoms with Gasteiger partial charge in [0, 0.05) is 6.42 Å². The molecule has 0 atom stereocenters. The van der Waals surface area contributed by atoms with E-state index < -0.39 is 10.4 Å². The SMILES string of the molecule is CC=C(CCCCCCCCC)Oc1ccccc1.O=S(=O)(O)O. The maximum absolute atomic E-state index is 8.74. The van der Waals surface area contributed by atoms with Gasteiger partial charge in [-0.1, -0.05) is 63.6 Å². The van der Waals surface area contributed by atoms with E-state index in [4.69, 9.17) is 22.3 Å². The highest BCUT2D eigenvalue weighted by Gasteiger charge is 2.00. The number of benzene rings is 1. The van der Waals surface area contributed by atoms with E-state index in [1.807, 2.05) is 30.3 Å². The summed E-state index contributed by atoms with van der Waals surface area (Å²) in [4.78, 5) is 0. The Morgan fingerprint density at radius 1 is 1.00 bits per heavy atom. The van der Waals surface area contributed by atoms with Crippen molar-refractivity contribution in [3.05, 3.63) is 42.2 Å². The quantitative estimate of drug-likeness (QED) is 0.330. The predicted octanol–water partition coefficient (Wildman–Crippen LogP) is 5.46. The highest BCUT2D eigenvalue weighted by Crippen LogP contribution is 2.17. The Balaban J connectivity index is 0.000000922. The molecule has 0 aliphatic rings. The molecule has 0 heterocycles. The van der Waals surface area contributed by atoms with Crippen molar-refractivity contribution < 1.29 is 22.3 Å². The van der Waals surface area contributed by atoms with Crippen molar-refractivity contribution in [2.45, 2.75) is 65.2 Å². The molecule has 0 saturated carbocycles. The lowest BCUT2D eigenvalue weighted by molar-refractivity contribution is 0.381. The first-order valence-corrected chi connectivity index (χ1v) is 9.84. The van der Waals surface area contributed by atoms with Crippen LogP contribution in [0.5, 0.6) is 5.75 Å². The number of rotatable bonds is 10. The van der Waals surface area contributed by atoms with Crippen molar-refractivity contribution >= 4 is 10.4 Å². The summed E-state index contributed by atoms with van der Waals surface area (Å²) in [6.07, 6.45) is 12.6. The van der Waals surface area contributed by atoms with Gasteiger partial charge in [0.2, 0.25) is 0 Å². The third-order valence-electron chi connectivity index (χ3n) is 3.34. The van der Waals surface area contributed by atoms with E-state index in [0.29, 0.717) is 0 Å². The molecule has 0 saturated heterocycles. The smallest absolute Gasteiger partial charge is 0.394 e. The third kappa shape index (κ3) is 17.0. The molecular formula is C18H30O5S. The van der Waals surface area contributed by atoms with E-state index in [1.54, 1.807) is 0 Å². The molecule has 1 aromatic rings. The second-order valence-corrected chi connectivity index (χ2v) is 6.38. The van der Waals surface area contributed by atoms with Crippen LogP contribution in [0.1, 0.15) is 65.2 Å². The van der Waals surface area contributed by atoms with Crippen LogP contribution in [0.25, 0.3) is 0 Å². The average Bonchev–Trinajstić information content (AvgIpc) is 2.52. The fourth-order valence-electron chi connectivity index (χ4n) is 2.15. The third-order valence-corrected chi connectivity index (χ3v) is 3.34. The second-order valence-electron chi connectivity index (χ2n) is 5.49. The molecule has 6 heteroatoms. The lowest BCUT2D eigenvalue weighted by Crippen LogP contribution is -1.95. The van der Waals surface area contributed by atoms with Crippen molar-refractivity contribution in [3.63, 3.8) is 0 Å². The first kappa shape index (κ1) is 22.6. The summed E-state index contributed by atoms with van der Waals surface area (Å²) < 4.78 is 37.5. The average molecular weight is 359 g/mol. The Labute approximate surface area is 146 Å². The van der Waals surface area contributed by atoms with Gasteiger partial charge in [0.15, 0.2) is 0 Å². The van der Waals surface area contributed by atoms with Crippen LogP contribution in [-0.4, -0.2) is 17.5 Å². The van der Waals surface area contributed by atoms with Crippen molar-refractivity contribution in [2.24, 2.45) is 0 Å². The highest BCUT2D eigenvalue weighted by atomic mass is 32.3. The van der Waals surface area contributed by atoms with Crippen molar-refractivity contribution in [2.75, 3.05) is 0 Å². The minimum Gasteiger partial charge on any atom is -0.462 e. The van der Waals surface area contributed by atoms with Gasteiger partial charge in [0.25, 0.3) is 0 Å². The molecule has 0 bridgehead atoms. The zero-order valence-corrected chi connectivity index (χ0v) is 15.5. The van der Waals surface area contributed by atoms with Gasteiger partial charge in [0.1, 0.15) is 5.75 Å². The number of ether oxygens (including phenoxy) is 1. The van der Waals surface area contributed by atoms with E-state index in [9.17, 15) is 0 Å². The Hall–Kier alpha value is -1.37. The van der Waals surface area contributed by atoms with Gasteiger partial charge in [-0.05, 0) is 31.6 Å². The molecule has 1 aromatic carbocycles. The summed E-state index contributed by atoms with van der Waals surface area (Å²) in [5.41, 5.74) is 0. The van der Waals surface area contributed by atoms with Crippen LogP contribution in [0.4, 0.5) is 0 Å². The van der Waals surface area contributed by atoms with E-state index in [2.05, 4.69) is 19.9 Å². The fourth-order valence-corrected chi connectivity index (χ4v) is 2.15. The van der Waals surface area contributed by atoms with Crippen molar-refractivity contribution in [1.29, 1.82) is 0 Å². The van der Waals surface area contributed by atoms with Gasteiger partial charge in [0.05, 0.1) is 5.76 Å². The molecule has 0 unspecified atom stereocenters. The summed E-state index contributed by atoms with van der Waals surface area (Å²) in [6.45, 7) is 4.32. The van der Waals surface area contributed by atoms with E-state index >= 15 is 0 Å². The number of allylic oxidation sites excluding steroid dienone is 2. The molecule has 0 aliphatic heterocycles. The van der Waals surface area contributed by atoms with Crippen LogP contribution < -0.4 is 4.74 Å². The Bertz CT molecular complexity index is 530. The molecule has 0 aliphatic carbocycles. The monoisotopic (exact) mass is 358 g/mol. The minimum atomic E-state index is -4.67. The maximum Gasteiger partial charge on any atom is 0.394 e. The predicted molar refractivity (Wildman–Crippen MR) is 97.6 cm³/mol. The lowest BCUT2D eigenvalue weighted by Gasteiger charge is -2.09. The topological polar surface area (TPSA) is 83.8 Å². The van der Waals surface area contributed by atoms with Gasteiger partial charge < -0.3 is 4.74 Å². The summed E-state index contributed by atoms with van der Waals surface area (Å²) >= 11 is 0. The van der Waals surface area contributed by atoms with Gasteiger partial charge in [-0.2, -0.15) is 8.42 Å². The molecule has 5 nitrogen and oxygen atoms in total. The molecular weight excluding hydrogens is 328 g/mol. The zero-order valence-electron chi connectivity index (χ0n) is 14.6. The molecule has 0 amide bonds. The summed E-state index contributed by atoms with van der Waals surface area (Å²) in [6, 6.07) is 10.0. The fraction of sp³-hybridized carbons (Fsp3) is 0.556. The summed E-state index contributed by atoms with van der Waals surface area (Å²) in [7, 11) is -4.67. The lowest BCUT2D eigenvalue weighted by atomic mass is 10.1. The van der Waals surface area contributed by atoms with Crippen LogP contribution in [0.3, 0.4) is 0 Å². The number of unbranched alkanes of at least 4 members (excludes halogenated alkanes) is 6. The van der Waals surface area contributed by atoms with E-state index in [1.165, 1.54) is 44.9 Å². The second kappa shape index (κ2) is 14.0. The Kier molecular flexibility index (Phi) is 13.2. The number of hydrogen-bond acceptors (Lipinski definition) is 3. The molecule has 0 fully saturated rings. The molecule has 24 heavy (non-hydrogen) atoms. The number of para-hydroxylation sites is 1. The van der Waals surface area contributed by atoms with Gasteiger partial charge >= 0.3 is 10.4 Å². The summed E-state index contributed by atoms with van der Waals surface area (Å²) in [5, 5.41) is 0. The molecule has 2 N–H and O–H groups in total. The molecule has 0 aromatic heterocycles. The van der Waals surface area contributed by atoms with E-state index in [0.717, 1.165) is 17.9 Å². The molecule has 0 radical (unpaired) electrons. The van der Waals surface area contributed by atoms with Crippen LogP contribution in [0.15, 0.2) is 42.2 Å². The van der Waals surface area contributed by atoms with Crippen molar-refractivity contribution in [3.8, 4) is 5.75 Å². The summed E-state index contributed by atoms with van der Waals surface area (Å²) in [5.74, 6) is 2.04. The van der Waals surface area contributed by atoms with Crippen LogP contribution in [0.2, 0.25) is 0 Å². The van der Waals surface area contributed by atoms with Gasteiger partial charge in [-0.3, -0.25) is 9.11 Å². The number of hydrogen-bond donors (Lipinski definition) is 2. The standard InChI is InChI=1S/C18H28O.H2O4S/c1-3-5-6-7-8-9-11-14-17(4-2)19-18-15-12-10-13-16-18;1-5(2,3)4/h4,10,12-13,15-16H,3,5-9,11,14H2,1-2H3;(H2,1,2,3,4). The highest BCUT2D eigenvalue weighted by molar-refractivity contribution is 7.79. The molecule has 1 rings (SSSR count). The molecule has 138 valence electrons. The molecule has 0 spiro atoms. The largest absolute Gasteiger partial charge is 0.462 e. The van der Waals surface area contributed by atoms with Gasteiger partial charge in [-0.15, -0.1) is 0 Å². The van der Waals surface area contributed by atoms with Crippen LogP contribution >= 0.6 is 0 Å². The normalized spacial score (nSPS) is 11.6. The maximum atomic E-state index is 8.74. The zero-order chi connectivity index (χ0) is 18.3. The first-order chi connectivity index (χ1) is 11.4. The Morgan fingerprint density at radius 2 is 1.50 bits per heavy atom. The first-order valence-electron chi connectivity index (χ1n) is 8.44. The van der Waals surface area contributed by atoms with Gasteiger partial charge in [-0.25, -0.2) is 0 Å². The van der Waals surface area contributed by atoms with E-state index in [-0.39, 0.29) is 0 Å².